The Morgan fingerprint density at radius 3 is 2.38 bits per heavy atom. The maximum atomic E-state index is 13.0. The van der Waals surface area contributed by atoms with Crippen LogP contribution in [0.3, 0.4) is 0 Å². The van der Waals surface area contributed by atoms with Gasteiger partial charge in [-0.2, -0.15) is 0 Å². The Morgan fingerprint density at radius 1 is 1.03 bits per heavy atom. The van der Waals surface area contributed by atoms with Crippen molar-refractivity contribution >= 4 is 16.8 Å². The molecule has 2 heterocycles. The highest BCUT2D eigenvalue weighted by Gasteiger charge is 2.24. The molecule has 0 bridgehead atoms. The van der Waals surface area contributed by atoms with E-state index in [0.29, 0.717) is 12.0 Å². The first-order chi connectivity index (χ1) is 14.0. The fourth-order valence-corrected chi connectivity index (χ4v) is 4.32. The first-order valence-electron chi connectivity index (χ1n) is 10.2. The number of carbonyl (C=O) groups excluding carboxylic acids is 1. The van der Waals surface area contributed by atoms with Crippen molar-refractivity contribution in [2.24, 2.45) is 7.05 Å². The summed E-state index contributed by atoms with van der Waals surface area (Å²) in [7, 11) is 1.83. The van der Waals surface area contributed by atoms with Crippen LogP contribution in [0.5, 0.6) is 0 Å². The summed E-state index contributed by atoms with van der Waals surface area (Å²) in [4.78, 5) is 27.3. The van der Waals surface area contributed by atoms with Crippen molar-refractivity contribution in [3.63, 3.8) is 0 Å². The van der Waals surface area contributed by atoms with Crippen LogP contribution in [0.15, 0.2) is 53.3 Å². The second kappa shape index (κ2) is 8.33. The topological polar surface area (TPSA) is 47.2 Å². The summed E-state index contributed by atoms with van der Waals surface area (Å²) in [6.07, 6.45) is 3.11. The van der Waals surface area contributed by atoms with Gasteiger partial charge in [0.1, 0.15) is 5.82 Å². The molecule has 0 atom stereocenters. The van der Waals surface area contributed by atoms with E-state index in [1.807, 2.05) is 35.9 Å². The van der Waals surface area contributed by atoms with Gasteiger partial charge >= 0.3 is 5.69 Å². The summed E-state index contributed by atoms with van der Waals surface area (Å²) in [5, 5.41) is 0. The number of Topliss-reactive ketones (excluding diaryl/α,β-unsaturated/α-hetero) is 1. The predicted octanol–water partition coefficient (Wildman–Crippen LogP) is 3.78. The summed E-state index contributed by atoms with van der Waals surface area (Å²) in [5.74, 6) is -0.267. The highest BCUT2D eigenvalue weighted by atomic mass is 19.1. The minimum atomic E-state index is -0.324. The van der Waals surface area contributed by atoms with Crippen molar-refractivity contribution in [1.29, 1.82) is 0 Å². The summed E-state index contributed by atoms with van der Waals surface area (Å²) < 4.78 is 16.6. The lowest BCUT2D eigenvalue weighted by atomic mass is 10.0. The van der Waals surface area contributed by atoms with E-state index in [1.165, 1.54) is 12.1 Å². The molecule has 29 heavy (non-hydrogen) atoms. The second-order valence-electron chi connectivity index (χ2n) is 7.81. The second-order valence-corrected chi connectivity index (χ2v) is 7.81. The molecule has 1 aromatic heterocycles. The van der Waals surface area contributed by atoms with Gasteiger partial charge in [0.15, 0.2) is 5.78 Å². The van der Waals surface area contributed by atoms with Gasteiger partial charge in [0.05, 0.1) is 11.0 Å². The SMILES string of the molecule is Cn1c(=O)n(C2CCN(CCCC(=O)c3ccc(F)cc3)CC2)c2ccccc21. The quantitative estimate of drug-likeness (QED) is 0.597. The predicted molar refractivity (Wildman–Crippen MR) is 112 cm³/mol. The zero-order chi connectivity index (χ0) is 20.4. The molecule has 1 aliphatic heterocycles. The number of benzene rings is 2. The normalized spacial score (nSPS) is 15.8. The number of ketones is 1. The van der Waals surface area contributed by atoms with Crippen molar-refractivity contribution < 1.29 is 9.18 Å². The molecule has 3 aromatic rings. The first kappa shape index (κ1) is 19.6. The number of hydrogen-bond donors (Lipinski definition) is 0. The van der Waals surface area contributed by atoms with Gasteiger partial charge in [-0.1, -0.05) is 12.1 Å². The van der Waals surface area contributed by atoms with Crippen LogP contribution in [-0.4, -0.2) is 39.5 Å². The highest BCUT2D eigenvalue weighted by molar-refractivity contribution is 5.95. The molecule has 0 unspecified atom stereocenters. The minimum absolute atomic E-state index is 0.0505. The molecule has 0 spiro atoms. The average molecular weight is 395 g/mol. The summed E-state index contributed by atoms with van der Waals surface area (Å²) in [5.41, 5.74) is 2.59. The number of aryl methyl sites for hydroxylation is 1. The van der Waals surface area contributed by atoms with Crippen LogP contribution in [0, 0.1) is 5.82 Å². The van der Waals surface area contributed by atoms with Crippen LogP contribution < -0.4 is 5.69 Å². The molecule has 6 heteroatoms. The number of rotatable bonds is 6. The third-order valence-corrected chi connectivity index (χ3v) is 5.96. The van der Waals surface area contributed by atoms with E-state index in [4.69, 9.17) is 0 Å². The summed E-state index contributed by atoms with van der Waals surface area (Å²) >= 11 is 0. The Balaban J connectivity index is 1.31. The first-order valence-corrected chi connectivity index (χ1v) is 10.2. The highest BCUT2D eigenvalue weighted by Crippen LogP contribution is 2.25. The van der Waals surface area contributed by atoms with Gasteiger partial charge in [0, 0.05) is 38.2 Å². The number of carbonyl (C=O) groups is 1. The number of halogens is 1. The van der Waals surface area contributed by atoms with Gasteiger partial charge in [0.25, 0.3) is 0 Å². The van der Waals surface area contributed by atoms with Crippen LogP contribution in [0.25, 0.3) is 11.0 Å². The minimum Gasteiger partial charge on any atom is -0.303 e. The number of likely N-dealkylation sites (tertiary alicyclic amines) is 1. The molecular formula is C23H26FN3O2. The fraction of sp³-hybridized carbons (Fsp3) is 0.391. The average Bonchev–Trinajstić information content (AvgIpc) is 3.00. The number of nitrogens with zero attached hydrogens (tertiary/aromatic N) is 3. The van der Waals surface area contributed by atoms with Crippen LogP contribution in [0.2, 0.25) is 0 Å². The zero-order valence-corrected chi connectivity index (χ0v) is 16.7. The van der Waals surface area contributed by atoms with E-state index >= 15 is 0 Å². The summed E-state index contributed by atoms with van der Waals surface area (Å²) in [6.45, 7) is 2.71. The molecule has 152 valence electrons. The van der Waals surface area contributed by atoms with Crippen molar-refractivity contribution in [3.05, 3.63) is 70.4 Å². The Labute approximate surface area is 169 Å². The molecule has 1 fully saturated rings. The lowest BCUT2D eigenvalue weighted by Gasteiger charge is -2.32. The molecule has 0 aliphatic carbocycles. The van der Waals surface area contributed by atoms with Gasteiger partial charge in [-0.25, -0.2) is 9.18 Å². The Morgan fingerprint density at radius 2 is 1.69 bits per heavy atom. The van der Waals surface area contributed by atoms with E-state index in [-0.39, 0.29) is 23.3 Å². The summed E-state index contributed by atoms with van der Waals surface area (Å²) in [6, 6.07) is 13.9. The Hall–Kier alpha value is -2.73. The number of para-hydroxylation sites is 2. The number of aromatic nitrogens is 2. The number of hydrogen-bond acceptors (Lipinski definition) is 3. The third kappa shape index (κ3) is 4.03. The molecular weight excluding hydrogens is 369 g/mol. The standard InChI is InChI=1S/C23H26FN3O2/c1-25-20-5-2-3-6-21(20)27(23(25)29)19-12-15-26(16-13-19)14-4-7-22(28)17-8-10-18(24)11-9-17/h2-3,5-6,8-11,19H,4,7,12-16H2,1H3. The molecule has 1 saturated heterocycles. The fourth-order valence-electron chi connectivity index (χ4n) is 4.32. The maximum absolute atomic E-state index is 13.0. The molecule has 0 saturated carbocycles. The number of piperidine rings is 1. The van der Waals surface area contributed by atoms with Crippen LogP contribution in [-0.2, 0) is 7.05 Å². The lowest BCUT2D eigenvalue weighted by molar-refractivity contribution is 0.0970. The van der Waals surface area contributed by atoms with Crippen molar-refractivity contribution in [1.82, 2.24) is 14.0 Å². The molecule has 5 nitrogen and oxygen atoms in total. The molecule has 0 radical (unpaired) electrons. The van der Waals surface area contributed by atoms with Crippen molar-refractivity contribution in [3.8, 4) is 0 Å². The van der Waals surface area contributed by atoms with Crippen molar-refractivity contribution in [2.45, 2.75) is 31.7 Å². The largest absolute Gasteiger partial charge is 0.329 e. The lowest BCUT2D eigenvalue weighted by Crippen LogP contribution is -2.38. The van der Waals surface area contributed by atoms with Gasteiger partial charge in [-0.15, -0.1) is 0 Å². The smallest absolute Gasteiger partial charge is 0.303 e. The molecule has 1 aliphatic rings. The monoisotopic (exact) mass is 395 g/mol. The van der Waals surface area contributed by atoms with E-state index in [2.05, 4.69) is 4.90 Å². The van der Waals surface area contributed by atoms with Crippen LogP contribution >= 0.6 is 0 Å². The molecule has 4 rings (SSSR count). The third-order valence-electron chi connectivity index (χ3n) is 5.96. The maximum Gasteiger partial charge on any atom is 0.329 e. The van der Waals surface area contributed by atoms with E-state index in [9.17, 15) is 14.0 Å². The van der Waals surface area contributed by atoms with Crippen LogP contribution in [0.1, 0.15) is 42.1 Å². The number of fused-ring (bicyclic) bond motifs is 1. The van der Waals surface area contributed by atoms with Gasteiger partial charge in [-0.05, 0) is 62.2 Å². The van der Waals surface area contributed by atoms with Gasteiger partial charge < -0.3 is 4.90 Å². The Bertz CT molecular complexity index is 1060. The molecule has 0 amide bonds. The van der Waals surface area contributed by atoms with E-state index in [0.717, 1.165) is 49.9 Å². The molecule has 0 N–H and O–H groups in total. The van der Waals surface area contributed by atoms with E-state index < -0.39 is 0 Å². The van der Waals surface area contributed by atoms with Gasteiger partial charge in [-0.3, -0.25) is 13.9 Å². The van der Waals surface area contributed by atoms with Crippen molar-refractivity contribution in [2.75, 3.05) is 19.6 Å². The Kier molecular flexibility index (Phi) is 5.62. The van der Waals surface area contributed by atoms with Gasteiger partial charge in [0.2, 0.25) is 0 Å². The van der Waals surface area contributed by atoms with E-state index in [1.54, 1.807) is 16.7 Å². The number of imidazole rings is 1. The zero-order valence-electron chi connectivity index (χ0n) is 16.7. The van der Waals surface area contributed by atoms with Crippen LogP contribution in [0.4, 0.5) is 4.39 Å². The molecule has 2 aromatic carbocycles.